The summed E-state index contributed by atoms with van der Waals surface area (Å²) in [5, 5.41) is 5.13. The molecular weight excluding hydrogens is 671 g/mol. The Balaban J connectivity index is 1.11. The summed E-state index contributed by atoms with van der Waals surface area (Å²) in [4.78, 5) is 2.41. The molecule has 0 spiro atoms. The first-order valence-corrected chi connectivity index (χ1v) is 19.2. The first-order chi connectivity index (χ1) is 26.8. The van der Waals surface area contributed by atoms with Crippen LogP contribution in [0.1, 0.15) is 0 Å². The van der Waals surface area contributed by atoms with Gasteiger partial charge in [-0.2, -0.15) is 0 Å². The minimum atomic E-state index is 1.10. The fourth-order valence-corrected chi connectivity index (χ4v) is 8.94. The highest BCUT2D eigenvalue weighted by Crippen LogP contribution is 2.44. The third-order valence-electron chi connectivity index (χ3n) is 10.5. The Labute approximate surface area is 319 Å². The number of anilines is 3. The molecule has 0 fully saturated rings. The van der Waals surface area contributed by atoms with Crippen molar-refractivity contribution >= 4 is 59.3 Å². The molecule has 0 bridgehead atoms. The van der Waals surface area contributed by atoms with Crippen molar-refractivity contribution in [3.05, 3.63) is 212 Å². The number of para-hydroxylation sites is 1. The fourth-order valence-electron chi connectivity index (χ4n) is 7.81. The second-order valence-electron chi connectivity index (χ2n) is 13.7. The summed E-state index contributed by atoms with van der Waals surface area (Å²) < 4.78 is 2.64. The lowest BCUT2D eigenvalue weighted by Crippen LogP contribution is -2.11. The van der Waals surface area contributed by atoms with Crippen molar-refractivity contribution in [2.45, 2.75) is 0 Å². The minimum Gasteiger partial charge on any atom is -0.310 e. The number of hydrogen-bond donors (Lipinski definition) is 0. The van der Waals surface area contributed by atoms with Gasteiger partial charge in [0.2, 0.25) is 0 Å². The highest BCUT2D eigenvalue weighted by atomic mass is 32.1. The quantitative estimate of drug-likeness (QED) is 0.160. The van der Waals surface area contributed by atoms with Crippen LogP contribution in [0, 0.1) is 0 Å². The molecule has 0 aliphatic heterocycles. The van der Waals surface area contributed by atoms with Crippen LogP contribution in [0.5, 0.6) is 0 Å². The van der Waals surface area contributed by atoms with Gasteiger partial charge in [-0.3, -0.25) is 0 Å². The third kappa shape index (κ3) is 5.84. The monoisotopic (exact) mass is 705 g/mol. The molecule has 0 saturated heterocycles. The third-order valence-corrected chi connectivity index (χ3v) is 11.6. The van der Waals surface area contributed by atoms with Crippen molar-refractivity contribution in [1.29, 1.82) is 0 Å². The van der Waals surface area contributed by atoms with E-state index in [-0.39, 0.29) is 0 Å². The summed E-state index contributed by atoms with van der Waals surface area (Å²) in [5.74, 6) is 0. The first-order valence-electron chi connectivity index (χ1n) is 18.4. The molecular formula is C52H35NS. The molecule has 10 rings (SSSR count). The van der Waals surface area contributed by atoms with E-state index >= 15 is 0 Å². The SMILES string of the molecule is c1ccc(-c2ccc(-c3ccccc3N(c3ccc(-c4cccc5sc6ccccc6c45)cc3)c3cccc(-c4ccc5ccccc5c4)c3)cc2)cc1. The van der Waals surface area contributed by atoms with Crippen molar-refractivity contribution in [2.75, 3.05) is 4.90 Å². The Hall–Kier alpha value is -6.74. The van der Waals surface area contributed by atoms with Gasteiger partial charge in [0.05, 0.1) is 5.69 Å². The summed E-state index contributed by atoms with van der Waals surface area (Å²) in [6, 6.07) is 77.2. The van der Waals surface area contributed by atoms with Crippen LogP contribution in [0.4, 0.5) is 17.1 Å². The predicted octanol–water partition coefficient (Wildman–Crippen LogP) is 15.3. The van der Waals surface area contributed by atoms with Gasteiger partial charge in [0.25, 0.3) is 0 Å². The normalized spacial score (nSPS) is 11.3. The van der Waals surface area contributed by atoms with Crippen molar-refractivity contribution in [3.63, 3.8) is 0 Å². The van der Waals surface area contributed by atoms with Crippen LogP contribution in [-0.4, -0.2) is 0 Å². The van der Waals surface area contributed by atoms with Gasteiger partial charge in [-0.25, -0.2) is 0 Å². The molecule has 1 heterocycles. The second kappa shape index (κ2) is 13.7. The zero-order valence-corrected chi connectivity index (χ0v) is 30.4. The lowest BCUT2D eigenvalue weighted by molar-refractivity contribution is 1.28. The highest BCUT2D eigenvalue weighted by molar-refractivity contribution is 7.25. The molecule has 0 N–H and O–H groups in total. The standard InChI is InChI=1S/C52H35NS/c1-2-12-36(13-3-1)38-24-27-39(28-25-38)46-18-6-8-21-49(46)53(45-17-10-16-42(35-45)43-29-26-37-14-4-5-15-41(37)34-43)44-32-30-40(31-33-44)47-20-11-23-51-52(47)48-19-7-9-22-50(48)54-51/h1-35H. The van der Waals surface area contributed by atoms with Gasteiger partial charge in [-0.05, 0) is 98.2 Å². The van der Waals surface area contributed by atoms with E-state index in [1.165, 1.54) is 75.5 Å². The van der Waals surface area contributed by atoms with Gasteiger partial charge in [-0.15, -0.1) is 11.3 Å². The van der Waals surface area contributed by atoms with Gasteiger partial charge in [0, 0.05) is 37.1 Å². The van der Waals surface area contributed by atoms with Crippen LogP contribution < -0.4 is 4.90 Å². The highest BCUT2D eigenvalue weighted by Gasteiger charge is 2.19. The zero-order valence-electron chi connectivity index (χ0n) is 29.6. The lowest BCUT2D eigenvalue weighted by atomic mass is 9.97. The van der Waals surface area contributed by atoms with Crippen LogP contribution in [-0.2, 0) is 0 Å². The lowest BCUT2D eigenvalue weighted by Gasteiger charge is -2.28. The Bertz CT molecular complexity index is 2920. The molecule has 1 aromatic heterocycles. The molecule has 1 nitrogen and oxygen atoms in total. The van der Waals surface area contributed by atoms with Crippen LogP contribution in [0.2, 0.25) is 0 Å². The maximum Gasteiger partial charge on any atom is 0.0540 e. The summed E-state index contributed by atoms with van der Waals surface area (Å²) in [6.07, 6.45) is 0. The summed E-state index contributed by atoms with van der Waals surface area (Å²) in [5.41, 5.74) is 13.0. The van der Waals surface area contributed by atoms with Crippen molar-refractivity contribution in [3.8, 4) is 44.5 Å². The maximum atomic E-state index is 2.41. The van der Waals surface area contributed by atoms with Crippen LogP contribution in [0.3, 0.4) is 0 Å². The number of fused-ring (bicyclic) bond motifs is 4. The summed E-state index contributed by atoms with van der Waals surface area (Å²) in [6.45, 7) is 0. The van der Waals surface area contributed by atoms with E-state index in [1.807, 2.05) is 11.3 Å². The topological polar surface area (TPSA) is 3.24 Å². The Morgan fingerprint density at radius 3 is 1.76 bits per heavy atom. The van der Waals surface area contributed by atoms with E-state index in [0.29, 0.717) is 0 Å². The summed E-state index contributed by atoms with van der Waals surface area (Å²) in [7, 11) is 0. The van der Waals surface area contributed by atoms with Gasteiger partial charge < -0.3 is 4.90 Å². The average molecular weight is 706 g/mol. The molecule has 0 radical (unpaired) electrons. The van der Waals surface area contributed by atoms with Crippen LogP contribution >= 0.6 is 11.3 Å². The molecule has 10 aromatic rings. The van der Waals surface area contributed by atoms with Gasteiger partial charge in [0.1, 0.15) is 0 Å². The Morgan fingerprint density at radius 1 is 0.315 bits per heavy atom. The molecule has 0 amide bonds. The molecule has 254 valence electrons. The van der Waals surface area contributed by atoms with E-state index in [4.69, 9.17) is 0 Å². The maximum absolute atomic E-state index is 2.41. The predicted molar refractivity (Wildman–Crippen MR) is 233 cm³/mol. The van der Waals surface area contributed by atoms with Crippen molar-refractivity contribution < 1.29 is 0 Å². The first kappa shape index (κ1) is 32.0. The minimum absolute atomic E-state index is 1.10. The molecule has 54 heavy (non-hydrogen) atoms. The van der Waals surface area contributed by atoms with Gasteiger partial charge in [-0.1, -0.05) is 164 Å². The van der Waals surface area contributed by atoms with E-state index in [2.05, 4.69) is 217 Å². The van der Waals surface area contributed by atoms with E-state index < -0.39 is 0 Å². The Kier molecular flexibility index (Phi) is 8.09. The molecule has 0 unspecified atom stereocenters. The smallest absolute Gasteiger partial charge is 0.0540 e. The zero-order chi connectivity index (χ0) is 35.8. The number of rotatable bonds is 7. The average Bonchev–Trinajstić information content (AvgIpc) is 3.64. The second-order valence-corrected chi connectivity index (χ2v) is 14.8. The van der Waals surface area contributed by atoms with Gasteiger partial charge >= 0.3 is 0 Å². The van der Waals surface area contributed by atoms with Gasteiger partial charge in [0.15, 0.2) is 0 Å². The van der Waals surface area contributed by atoms with Crippen LogP contribution in [0.15, 0.2) is 212 Å². The largest absolute Gasteiger partial charge is 0.310 e. The Morgan fingerprint density at radius 2 is 0.889 bits per heavy atom. The number of benzene rings is 9. The van der Waals surface area contributed by atoms with Crippen molar-refractivity contribution in [1.82, 2.24) is 0 Å². The molecule has 0 aliphatic rings. The number of nitrogens with zero attached hydrogens (tertiary/aromatic N) is 1. The van der Waals surface area contributed by atoms with E-state index in [0.717, 1.165) is 17.1 Å². The summed E-state index contributed by atoms with van der Waals surface area (Å²) >= 11 is 1.86. The van der Waals surface area contributed by atoms with E-state index in [1.54, 1.807) is 0 Å². The molecule has 0 aliphatic carbocycles. The van der Waals surface area contributed by atoms with Crippen molar-refractivity contribution in [2.24, 2.45) is 0 Å². The molecule has 0 atom stereocenters. The fraction of sp³-hybridized carbons (Fsp3) is 0. The molecule has 9 aromatic carbocycles. The molecule has 0 saturated carbocycles. The van der Waals surface area contributed by atoms with Crippen LogP contribution in [0.25, 0.3) is 75.5 Å². The number of hydrogen-bond acceptors (Lipinski definition) is 2. The number of thiophene rings is 1. The molecule has 2 heteroatoms. The van der Waals surface area contributed by atoms with E-state index in [9.17, 15) is 0 Å².